The predicted molar refractivity (Wildman–Crippen MR) is 129 cm³/mol. The van der Waals surface area contributed by atoms with Gasteiger partial charge in [-0.1, -0.05) is 37.6 Å². The van der Waals surface area contributed by atoms with Gasteiger partial charge >= 0.3 is 0 Å². The first-order valence-electron chi connectivity index (χ1n) is 10.4. The molecular formula is C24H25N3O3S2. The maximum atomic E-state index is 13.1. The van der Waals surface area contributed by atoms with Crippen molar-refractivity contribution in [2.24, 2.45) is 0 Å². The van der Waals surface area contributed by atoms with Gasteiger partial charge in [0.15, 0.2) is 0 Å². The molecule has 4 rings (SSSR count). The summed E-state index contributed by atoms with van der Waals surface area (Å²) in [6.07, 6.45) is 2.00. The number of thiophene rings is 1. The molecule has 0 bridgehead atoms. The number of unbranched alkanes of at least 4 members (excludes halogenated alkanes) is 1. The molecule has 166 valence electrons. The summed E-state index contributed by atoms with van der Waals surface area (Å²) in [6.45, 7) is 4.68. The van der Waals surface area contributed by atoms with Crippen LogP contribution in [-0.2, 0) is 10.0 Å². The smallest absolute Gasteiger partial charge is 0.263 e. The highest BCUT2D eigenvalue weighted by Gasteiger charge is 2.20. The van der Waals surface area contributed by atoms with Crippen molar-refractivity contribution in [3.8, 4) is 22.0 Å². The van der Waals surface area contributed by atoms with Gasteiger partial charge in [0.1, 0.15) is 17.3 Å². The van der Waals surface area contributed by atoms with Crippen molar-refractivity contribution in [1.29, 1.82) is 0 Å². The third-order valence-electron chi connectivity index (χ3n) is 4.97. The van der Waals surface area contributed by atoms with Crippen LogP contribution in [0.3, 0.4) is 0 Å². The maximum absolute atomic E-state index is 13.1. The highest BCUT2D eigenvalue weighted by atomic mass is 32.2. The van der Waals surface area contributed by atoms with Crippen LogP contribution in [0.1, 0.15) is 25.3 Å². The third-order valence-corrected chi connectivity index (χ3v) is 7.23. The molecule has 1 N–H and O–H groups in total. The van der Waals surface area contributed by atoms with E-state index in [1.54, 1.807) is 46.4 Å². The van der Waals surface area contributed by atoms with E-state index in [-0.39, 0.29) is 4.90 Å². The Bertz CT molecular complexity index is 1280. The van der Waals surface area contributed by atoms with Crippen LogP contribution in [0.5, 0.6) is 5.75 Å². The van der Waals surface area contributed by atoms with E-state index in [0.29, 0.717) is 23.9 Å². The Morgan fingerprint density at radius 3 is 2.53 bits per heavy atom. The summed E-state index contributed by atoms with van der Waals surface area (Å²) in [5.74, 6) is 1.04. The molecule has 0 unspecified atom stereocenters. The van der Waals surface area contributed by atoms with Crippen molar-refractivity contribution >= 4 is 27.2 Å². The minimum atomic E-state index is -3.82. The Morgan fingerprint density at radius 1 is 1.06 bits per heavy atom. The first-order valence-corrected chi connectivity index (χ1v) is 12.8. The molecule has 2 aromatic carbocycles. The lowest BCUT2D eigenvalue weighted by molar-refractivity contribution is 0.309. The number of benzene rings is 2. The van der Waals surface area contributed by atoms with Crippen molar-refractivity contribution in [1.82, 2.24) is 9.78 Å². The van der Waals surface area contributed by atoms with Crippen LogP contribution in [0.2, 0.25) is 0 Å². The SMILES string of the molecule is CCCCOc1ccc(S(=O)(=O)Nc2cc(-c3cccs3)nn2-c2ccccc2C)cc1. The summed E-state index contributed by atoms with van der Waals surface area (Å²) in [5.41, 5.74) is 2.51. The number of rotatable bonds is 9. The molecule has 0 aliphatic rings. The van der Waals surface area contributed by atoms with Crippen LogP contribution < -0.4 is 9.46 Å². The molecule has 6 nitrogen and oxygen atoms in total. The highest BCUT2D eigenvalue weighted by molar-refractivity contribution is 7.92. The fourth-order valence-electron chi connectivity index (χ4n) is 3.23. The van der Waals surface area contributed by atoms with Crippen molar-refractivity contribution in [3.05, 3.63) is 77.7 Å². The largest absolute Gasteiger partial charge is 0.494 e. The van der Waals surface area contributed by atoms with E-state index in [0.717, 1.165) is 29.0 Å². The van der Waals surface area contributed by atoms with Crippen molar-refractivity contribution in [3.63, 3.8) is 0 Å². The minimum absolute atomic E-state index is 0.163. The quantitative estimate of drug-likeness (QED) is 0.312. The lowest BCUT2D eigenvalue weighted by Crippen LogP contribution is -2.16. The summed E-state index contributed by atoms with van der Waals surface area (Å²) >= 11 is 1.55. The Morgan fingerprint density at radius 2 is 1.84 bits per heavy atom. The summed E-state index contributed by atoms with van der Waals surface area (Å²) < 4.78 is 36.3. The van der Waals surface area contributed by atoms with Crippen LogP contribution in [0.25, 0.3) is 16.3 Å². The zero-order valence-corrected chi connectivity index (χ0v) is 19.6. The monoisotopic (exact) mass is 467 g/mol. The van der Waals surface area contributed by atoms with Gasteiger partial charge in [-0.3, -0.25) is 4.72 Å². The summed E-state index contributed by atoms with van der Waals surface area (Å²) in [5, 5.41) is 6.67. The Labute approximate surface area is 192 Å². The minimum Gasteiger partial charge on any atom is -0.494 e. The van der Waals surface area contributed by atoms with E-state index in [9.17, 15) is 8.42 Å². The van der Waals surface area contributed by atoms with E-state index >= 15 is 0 Å². The molecule has 0 saturated carbocycles. The number of hydrogen-bond acceptors (Lipinski definition) is 5. The maximum Gasteiger partial charge on any atom is 0.263 e. The van der Waals surface area contributed by atoms with Gasteiger partial charge in [-0.2, -0.15) is 5.10 Å². The number of aromatic nitrogens is 2. The van der Waals surface area contributed by atoms with Crippen LogP contribution in [0.15, 0.2) is 77.0 Å². The highest BCUT2D eigenvalue weighted by Crippen LogP contribution is 2.30. The number of sulfonamides is 1. The van der Waals surface area contributed by atoms with E-state index < -0.39 is 10.0 Å². The second-order valence-corrected chi connectivity index (χ2v) is 10.00. The van der Waals surface area contributed by atoms with Gasteiger partial charge in [0, 0.05) is 6.07 Å². The zero-order valence-electron chi connectivity index (χ0n) is 18.0. The Hall–Kier alpha value is -3.10. The van der Waals surface area contributed by atoms with E-state index in [1.807, 2.05) is 48.7 Å². The van der Waals surface area contributed by atoms with Gasteiger partial charge in [0.25, 0.3) is 10.0 Å². The second-order valence-electron chi connectivity index (χ2n) is 7.37. The molecule has 0 atom stereocenters. The van der Waals surface area contributed by atoms with E-state index in [4.69, 9.17) is 9.84 Å². The number of ether oxygens (including phenoxy) is 1. The zero-order chi connectivity index (χ0) is 22.6. The number of aryl methyl sites for hydroxylation is 1. The number of anilines is 1. The first kappa shape index (κ1) is 22.1. The van der Waals surface area contributed by atoms with Crippen molar-refractivity contribution in [2.45, 2.75) is 31.6 Å². The molecular weight excluding hydrogens is 442 g/mol. The molecule has 8 heteroatoms. The fraction of sp³-hybridized carbons (Fsp3) is 0.208. The average molecular weight is 468 g/mol. The van der Waals surface area contributed by atoms with E-state index in [1.165, 1.54) is 0 Å². The molecule has 0 radical (unpaired) electrons. The van der Waals surface area contributed by atoms with Crippen molar-refractivity contribution in [2.75, 3.05) is 11.3 Å². The average Bonchev–Trinajstić information content (AvgIpc) is 3.45. The number of hydrogen-bond donors (Lipinski definition) is 1. The molecule has 0 aliphatic carbocycles. The number of nitrogens with one attached hydrogen (secondary N) is 1. The second kappa shape index (κ2) is 9.58. The molecule has 32 heavy (non-hydrogen) atoms. The molecule has 0 aliphatic heterocycles. The van der Waals surface area contributed by atoms with Crippen LogP contribution >= 0.6 is 11.3 Å². The number of nitrogens with zero attached hydrogens (tertiary/aromatic N) is 2. The molecule has 0 saturated heterocycles. The number of para-hydroxylation sites is 1. The predicted octanol–water partition coefficient (Wildman–Crippen LogP) is 5.89. The normalized spacial score (nSPS) is 11.4. The summed E-state index contributed by atoms with van der Waals surface area (Å²) in [4.78, 5) is 1.13. The molecule has 2 aromatic heterocycles. The first-order chi connectivity index (χ1) is 15.5. The van der Waals surface area contributed by atoms with Crippen LogP contribution in [0.4, 0.5) is 5.82 Å². The molecule has 0 fully saturated rings. The van der Waals surface area contributed by atoms with Crippen LogP contribution in [0, 0.1) is 6.92 Å². The van der Waals surface area contributed by atoms with Gasteiger partial charge in [-0.05, 0) is 60.7 Å². The Kier molecular flexibility index (Phi) is 6.62. The van der Waals surface area contributed by atoms with Gasteiger partial charge in [0.2, 0.25) is 0 Å². The van der Waals surface area contributed by atoms with Gasteiger partial charge in [-0.25, -0.2) is 13.1 Å². The van der Waals surface area contributed by atoms with E-state index in [2.05, 4.69) is 11.6 Å². The third kappa shape index (κ3) is 4.87. The topological polar surface area (TPSA) is 73.2 Å². The van der Waals surface area contributed by atoms with Gasteiger partial charge < -0.3 is 4.74 Å². The summed E-state index contributed by atoms with van der Waals surface area (Å²) in [7, 11) is -3.82. The lowest BCUT2D eigenvalue weighted by atomic mass is 10.2. The molecule has 0 spiro atoms. The van der Waals surface area contributed by atoms with Gasteiger partial charge in [-0.15, -0.1) is 11.3 Å². The standard InChI is InChI=1S/C24H25N3O3S2/c1-3-4-15-30-19-11-13-20(14-12-19)32(28,29)26-24-17-21(23-10-7-16-31-23)25-27(24)22-9-6-5-8-18(22)2/h5-14,16-17,26H,3-4,15H2,1-2H3. The molecule has 2 heterocycles. The van der Waals surface area contributed by atoms with Crippen molar-refractivity contribution < 1.29 is 13.2 Å². The fourth-order valence-corrected chi connectivity index (χ4v) is 4.94. The lowest BCUT2D eigenvalue weighted by Gasteiger charge is -2.12. The summed E-state index contributed by atoms with van der Waals surface area (Å²) in [6, 6.07) is 19.9. The van der Waals surface area contributed by atoms with Gasteiger partial charge in [0.05, 0.1) is 22.1 Å². The van der Waals surface area contributed by atoms with Crippen LogP contribution in [-0.4, -0.2) is 24.8 Å². The molecule has 4 aromatic rings. The molecule has 0 amide bonds. The Balaban J connectivity index is 1.66.